The van der Waals surface area contributed by atoms with Crippen molar-refractivity contribution in [1.29, 1.82) is 0 Å². The zero-order chi connectivity index (χ0) is 15.0. The standard InChI is InChI=1S/C16H12BrF2NO/c17-12-5-6-13(18)10(16(12)19)7-15(21)11-8-20-14-4-2-1-3-9(11)14/h1-6,11,20H,7-8H2. The van der Waals surface area contributed by atoms with Gasteiger partial charge in [0.1, 0.15) is 17.4 Å². The van der Waals surface area contributed by atoms with Crippen LogP contribution in [-0.2, 0) is 11.2 Å². The van der Waals surface area contributed by atoms with Gasteiger partial charge in [-0.3, -0.25) is 4.79 Å². The van der Waals surface area contributed by atoms with Crippen molar-refractivity contribution in [3.8, 4) is 0 Å². The molecule has 108 valence electrons. The average Bonchev–Trinajstić information content (AvgIpc) is 2.91. The summed E-state index contributed by atoms with van der Waals surface area (Å²) >= 11 is 3.01. The average molecular weight is 352 g/mol. The molecule has 0 aromatic heterocycles. The Morgan fingerprint density at radius 3 is 2.81 bits per heavy atom. The van der Waals surface area contributed by atoms with E-state index in [0.29, 0.717) is 6.54 Å². The Morgan fingerprint density at radius 1 is 1.24 bits per heavy atom. The van der Waals surface area contributed by atoms with Crippen LogP contribution in [0.1, 0.15) is 17.0 Å². The van der Waals surface area contributed by atoms with Crippen LogP contribution < -0.4 is 5.32 Å². The lowest BCUT2D eigenvalue weighted by Gasteiger charge is -2.11. The first kappa shape index (κ1) is 14.2. The van der Waals surface area contributed by atoms with Gasteiger partial charge in [0.05, 0.1) is 10.4 Å². The highest BCUT2D eigenvalue weighted by Gasteiger charge is 2.29. The van der Waals surface area contributed by atoms with Crippen LogP contribution >= 0.6 is 15.9 Å². The summed E-state index contributed by atoms with van der Waals surface area (Å²) in [6.45, 7) is 0.468. The SMILES string of the molecule is O=C(Cc1c(F)ccc(Br)c1F)C1CNc2ccccc21. The van der Waals surface area contributed by atoms with Crippen molar-refractivity contribution in [2.75, 3.05) is 11.9 Å². The molecule has 1 aliphatic heterocycles. The number of rotatable bonds is 3. The van der Waals surface area contributed by atoms with Crippen LogP contribution in [0.2, 0.25) is 0 Å². The quantitative estimate of drug-likeness (QED) is 0.845. The van der Waals surface area contributed by atoms with E-state index in [2.05, 4.69) is 21.2 Å². The number of para-hydroxylation sites is 1. The van der Waals surface area contributed by atoms with Crippen molar-refractivity contribution in [2.24, 2.45) is 0 Å². The highest BCUT2D eigenvalue weighted by atomic mass is 79.9. The summed E-state index contributed by atoms with van der Waals surface area (Å²) in [5, 5.41) is 3.14. The molecule has 2 aromatic carbocycles. The van der Waals surface area contributed by atoms with E-state index >= 15 is 0 Å². The van der Waals surface area contributed by atoms with Gasteiger partial charge in [-0.15, -0.1) is 0 Å². The molecule has 2 nitrogen and oxygen atoms in total. The molecule has 0 bridgehead atoms. The summed E-state index contributed by atoms with van der Waals surface area (Å²) in [4.78, 5) is 12.4. The van der Waals surface area contributed by atoms with Crippen LogP contribution in [0.25, 0.3) is 0 Å². The monoisotopic (exact) mass is 351 g/mol. The summed E-state index contributed by atoms with van der Waals surface area (Å²) in [5.41, 5.74) is 1.61. The summed E-state index contributed by atoms with van der Waals surface area (Å²) in [6, 6.07) is 9.95. The van der Waals surface area contributed by atoms with Gasteiger partial charge in [0.25, 0.3) is 0 Å². The third-order valence-electron chi connectivity index (χ3n) is 3.71. The molecule has 0 saturated carbocycles. The van der Waals surface area contributed by atoms with E-state index in [1.165, 1.54) is 6.07 Å². The number of carbonyl (C=O) groups is 1. The first-order chi connectivity index (χ1) is 10.1. The molecular weight excluding hydrogens is 340 g/mol. The van der Waals surface area contributed by atoms with E-state index < -0.39 is 11.6 Å². The minimum absolute atomic E-state index is 0.164. The van der Waals surface area contributed by atoms with Crippen LogP contribution in [-0.4, -0.2) is 12.3 Å². The fourth-order valence-corrected chi connectivity index (χ4v) is 2.97. The second-order valence-electron chi connectivity index (χ2n) is 4.99. The zero-order valence-electron chi connectivity index (χ0n) is 11.0. The minimum Gasteiger partial charge on any atom is -0.384 e. The van der Waals surface area contributed by atoms with Gasteiger partial charge in [0.2, 0.25) is 0 Å². The molecule has 0 amide bonds. The number of halogens is 3. The lowest BCUT2D eigenvalue weighted by molar-refractivity contribution is -0.119. The van der Waals surface area contributed by atoms with E-state index in [9.17, 15) is 13.6 Å². The Balaban J connectivity index is 1.87. The fraction of sp³-hybridized carbons (Fsp3) is 0.188. The Labute approximate surface area is 129 Å². The van der Waals surface area contributed by atoms with Gasteiger partial charge in [-0.05, 0) is 39.7 Å². The van der Waals surface area contributed by atoms with Crippen LogP contribution in [0.15, 0.2) is 40.9 Å². The van der Waals surface area contributed by atoms with Gasteiger partial charge < -0.3 is 5.32 Å². The van der Waals surface area contributed by atoms with Gasteiger partial charge >= 0.3 is 0 Å². The predicted octanol–water partition coefficient (Wildman–Crippen LogP) is 4.05. The largest absolute Gasteiger partial charge is 0.384 e. The van der Waals surface area contributed by atoms with Crippen molar-refractivity contribution >= 4 is 27.4 Å². The third-order valence-corrected chi connectivity index (χ3v) is 4.32. The Bertz CT molecular complexity index is 717. The molecule has 1 heterocycles. The van der Waals surface area contributed by atoms with E-state index in [-0.39, 0.29) is 28.2 Å². The van der Waals surface area contributed by atoms with Crippen molar-refractivity contribution in [3.05, 3.63) is 63.6 Å². The number of Topliss-reactive ketones (excluding diaryl/α,β-unsaturated/α-hetero) is 1. The maximum absolute atomic E-state index is 14.0. The number of benzene rings is 2. The molecule has 0 aliphatic carbocycles. The zero-order valence-corrected chi connectivity index (χ0v) is 12.6. The number of carbonyl (C=O) groups excluding carboxylic acids is 1. The third kappa shape index (κ3) is 2.58. The molecule has 1 aliphatic rings. The van der Waals surface area contributed by atoms with Crippen LogP contribution in [0.3, 0.4) is 0 Å². The van der Waals surface area contributed by atoms with E-state index in [0.717, 1.165) is 17.3 Å². The lowest BCUT2D eigenvalue weighted by atomic mass is 9.92. The van der Waals surface area contributed by atoms with Crippen LogP contribution in [0.4, 0.5) is 14.5 Å². The summed E-state index contributed by atoms with van der Waals surface area (Å²) in [7, 11) is 0. The van der Waals surface area contributed by atoms with Crippen molar-refractivity contribution < 1.29 is 13.6 Å². The van der Waals surface area contributed by atoms with Gasteiger partial charge in [-0.25, -0.2) is 8.78 Å². The molecule has 0 spiro atoms. The van der Waals surface area contributed by atoms with Crippen molar-refractivity contribution in [1.82, 2.24) is 0 Å². The fourth-order valence-electron chi connectivity index (χ4n) is 2.60. The van der Waals surface area contributed by atoms with Crippen molar-refractivity contribution in [2.45, 2.75) is 12.3 Å². The Hall–Kier alpha value is -1.75. The molecule has 0 radical (unpaired) electrons. The molecule has 5 heteroatoms. The molecule has 1 unspecified atom stereocenters. The maximum atomic E-state index is 14.0. The first-order valence-electron chi connectivity index (χ1n) is 6.56. The van der Waals surface area contributed by atoms with Crippen LogP contribution in [0.5, 0.6) is 0 Å². The molecule has 0 fully saturated rings. The number of anilines is 1. The summed E-state index contributed by atoms with van der Waals surface area (Å²) < 4.78 is 27.9. The molecule has 2 aromatic rings. The molecule has 21 heavy (non-hydrogen) atoms. The molecule has 1 N–H and O–H groups in total. The van der Waals surface area contributed by atoms with E-state index in [1.807, 2.05) is 24.3 Å². The normalized spacial score (nSPS) is 16.4. The predicted molar refractivity (Wildman–Crippen MR) is 80.4 cm³/mol. The number of ketones is 1. The highest BCUT2D eigenvalue weighted by molar-refractivity contribution is 9.10. The molecular formula is C16H12BrF2NO. The van der Waals surface area contributed by atoms with E-state index in [4.69, 9.17) is 0 Å². The molecule has 0 saturated heterocycles. The number of hydrogen-bond donors (Lipinski definition) is 1. The second kappa shape index (κ2) is 5.56. The second-order valence-corrected chi connectivity index (χ2v) is 5.84. The first-order valence-corrected chi connectivity index (χ1v) is 7.35. The highest BCUT2D eigenvalue weighted by Crippen LogP contribution is 2.33. The van der Waals surface area contributed by atoms with Crippen molar-refractivity contribution in [3.63, 3.8) is 0 Å². The Morgan fingerprint density at radius 2 is 2.00 bits per heavy atom. The van der Waals surface area contributed by atoms with E-state index in [1.54, 1.807) is 0 Å². The van der Waals surface area contributed by atoms with Gasteiger partial charge in [0, 0.05) is 24.2 Å². The van der Waals surface area contributed by atoms with Gasteiger partial charge in [-0.2, -0.15) is 0 Å². The molecule has 1 atom stereocenters. The summed E-state index contributed by atoms with van der Waals surface area (Å²) in [6.07, 6.45) is -0.252. The van der Waals surface area contributed by atoms with Gasteiger partial charge in [-0.1, -0.05) is 18.2 Å². The number of hydrogen-bond acceptors (Lipinski definition) is 2. The lowest BCUT2D eigenvalue weighted by Crippen LogP contribution is -2.18. The number of fused-ring (bicyclic) bond motifs is 1. The Kier molecular flexibility index (Phi) is 3.76. The number of nitrogens with one attached hydrogen (secondary N) is 1. The molecule has 3 rings (SSSR count). The van der Waals surface area contributed by atoms with Gasteiger partial charge in [0.15, 0.2) is 0 Å². The topological polar surface area (TPSA) is 29.1 Å². The maximum Gasteiger partial charge on any atom is 0.146 e. The summed E-state index contributed by atoms with van der Waals surface area (Å²) in [5.74, 6) is -1.95. The minimum atomic E-state index is -0.706. The van der Waals surface area contributed by atoms with Crippen LogP contribution in [0, 0.1) is 11.6 Å². The smallest absolute Gasteiger partial charge is 0.146 e.